The lowest BCUT2D eigenvalue weighted by Gasteiger charge is -2.26. The van der Waals surface area contributed by atoms with Gasteiger partial charge in [-0.1, -0.05) is 19.1 Å². The van der Waals surface area contributed by atoms with Crippen molar-refractivity contribution >= 4 is 11.9 Å². The molecule has 0 aromatic carbocycles. The number of carbonyl (C=O) groups excluding carboxylic acids is 2. The van der Waals surface area contributed by atoms with Crippen LogP contribution in [0.4, 0.5) is 0 Å². The number of carbonyl (C=O) groups is 2. The molecule has 0 aromatic heterocycles. The molecule has 20 heavy (non-hydrogen) atoms. The number of hydrogen-bond acceptors (Lipinski definition) is 4. The molecule has 0 saturated carbocycles. The first-order chi connectivity index (χ1) is 9.54. The Morgan fingerprint density at radius 1 is 1.60 bits per heavy atom. The Morgan fingerprint density at radius 2 is 2.35 bits per heavy atom. The molecule has 0 unspecified atom stereocenters. The Labute approximate surface area is 118 Å². The Hall–Kier alpha value is -1.36. The predicted molar refractivity (Wildman–Crippen MR) is 71.8 cm³/mol. The maximum Gasteiger partial charge on any atom is 0.312 e. The van der Waals surface area contributed by atoms with Gasteiger partial charge in [0.05, 0.1) is 25.2 Å². The highest BCUT2D eigenvalue weighted by molar-refractivity contribution is 5.91. The van der Waals surface area contributed by atoms with Crippen LogP contribution < -0.4 is 0 Å². The van der Waals surface area contributed by atoms with Gasteiger partial charge in [0, 0.05) is 6.04 Å². The Morgan fingerprint density at radius 3 is 3.00 bits per heavy atom. The van der Waals surface area contributed by atoms with Crippen LogP contribution in [0.1, 0.15) is 27.2 Å². The fourth-order valence-electron chi connectivity index (χ4n) is 3.63. The van der Waals surface area contributed by atoms with Crippen LogP contribution in [0.25, 0.3) is 0 Å². The molecule has 1 spiro atoms. The Balaban J connectivity index is 1.90. The van der Waals surface area contributed by atoms with Gasteiger partial charge in [0.25, 0.3) is 0 Å². The second-order valence-electron chi connectivity index (χ2n) is 5.88. The fraction of sp³-hybridized carbons (Fsp3) is 0.733. The highest BCUT2D eigenvalue weighted by Crippen LogP contribution is 2.52. The molecule has 2 saturated heterocycles. The van der Waals surface area contributed by atoms with Gasteiger partial charge in [0.15, 0.2) is 0 Å². The quantitative estimate of drug-likeness (QED) is 0.572. The van der Waals surface area contributed by atoms with E-state index in [1.807, 2.05) is 24.0 Å². The lowest BCUT2D eigenvalue weighted by Crippen LogP contribution is -2.41. The number of likely N-dealkylation sites (tertiary alicyclic amines) is 1. The van der Waals surface area contributed by atoms with Crippen LogP contribution in [0.3, 0.4) is 0 Å². The summed E-state index contributed by atoms with van der Waals surface area (Å²) in [6, 6.07) is 0.168. The SMILES string of the molecule is CCOC(=O)[C@@H]1[C@H]2C=C[C@@]3(CN([C@@H](C)CC)C(=O)[C@@H]13)O2. The molecule has 3 aliphatic rings. The molecule has 5 heteroatoms. The van der Waals surface area contributed by atoms with Crippen molar-refractivity contribution in [3.8, 4) is 0 Å². The van der Waals surface area contributed by atoms with E-state index in [9.17, 15) is 9.59 Å². The topological polar surface area (TPSA) is 55.8 Å². The monoisotopic (exact) mass is 279 g/mol. The van der Waals surface area contributed by atoms with Crippen LogP contribution in [-0.2, 0) is 19.1 Å². The van der Waals surface area contributed by atoms with Crippen molar-refractivity contribution < 1.29 is 19.1 Å². The summed E-state index contributed by atoms with van der Waals surface area (Å²) < 4.78 is 11.1. The average molecular weight is 279 g/mol. The zero-order valence-corrected chi connectivity index (χ0v) is 12.2. The first-order valence-corrected chi connectivity index (χ1v) is 7.38. The van der Waals surface area contributed by atoms with Crippen molar-refractivity contribution in [2.75, 3.05) is 13.2 Å². The molecule has 110 valence electrons. The standard InChI is InChI=1S/C15H21NO4/c1-4-9(3)16-8-15-7-6-10(20-15)11(12(15)13(16)17)14(18)19-5-2/h6-7,9-12H,4-5,8H2,1-3H3/t9-,10+,11+,12+,15-/m0/s1. The van der Waals surface area contributed by atoms with E-state index < -0.39 is 17.4 Å². The summed E-state index contributed by atoms with van der Waals surface area (Å²) >= 11 is 0. The summed E-state index contributed by atoms with van der Waals surface area (Å²) in [4.78, 5) is 26.7. The normalized spacial score (nSPS) is 39.2. The van der Waals surface area contributed by atoms with E-state index in [-0.39, 0.29) is 24.0 Å². The number of esters is 1. The van der Waals surface area contributed by atoms with Gasteiger partial charge in [-0.15, -0.1) is 0 Å². The van der Waals surface area contributed by atoms with E-state index in [2.05, 4.69) is 6.92 Å². The van der Waals surface area contributed by atoms with Gasteiger partial charge in [-0.25, -0.2) is 0 Å². The molecule has 2 fully saturated rings. The number of rotatable bonds is 4. The molecule has 0 aliphatic carbocycles. The zero-order chi connectivity index (χ0) is 14.5. The van der Waals surface area contributed by atoms with E-state index in [1.165, 1.54) is 0 Å². The van der Waals surface area contributed by atoms with Crippen molar-refractivity contribution in [3.05, 3.63) is 12.2 Å². The molecule has 2 bridgehead atoms. The van der Waals surface area contributed by atoms with Crippen molar-refractivity contribution in [1.29, 1.82) is 0 Å². The fourth-order valence-corrected chi connectivity index (χ4v) is 3.63. The minimum absolute atomic E-state index is 0.0317. The average Bonchev–Trinajstić information content (AvgIpc) is 3.06. The summed E-state index contributed by atoms with van der Waals surface area (Å²) in [6.07, 6.45) is 4.47. The van der Waals surface area contributed by atoms with Gasteiger partial charge in [-0.3, -0.25) is 9.59 Å². The summed E-state index contributed by atoms with van der Waals surface area (Å²) in [5, 5.41) is 0. The van der Waals surface area contributed by atoms with Crippen molar-refractivity contribution in [2.24, 2.45) is 11.8 Å². The lowest BCUT2D eigenvalue weighted by molar-refractivity contribution is -0.153. The van der Waals surface area contributed by atoms with Crippen LogP contribution in [0.15, 0.2) is 12.2 Å². The van der Waals surface area contributed by atoms with Crippen LogP contribution in [0.2, 0.25) is 0 Å². The molecule has 3 heterocycles. The second kappa shape index (κ2) is 4.58. The predicted octanol–water partition coefficient (Wildman–Crippen LogP) is 1.13. The van der Waals surface area contributed by atoms with Gasteiger partial charge >= 0.3 is 5.97 Å². The molecule has 3 rings (SSSR count). The van der Waals surface area contributed by atoms with E-state index in [4.69, 9.17) is 9.47 Å². The largest absolute Gasteiger partial charge is 0.466 e. The first kappa shape index (κ1) is 13.6. The van der Waals surface area contributed by atoms with Crippen molar-refractivity contribution in [1.82, 2.24) is 4.90 Å². The third kappa shape index (κ3) is 1.65. The van der Waals surface area contributed by atoms with Crippen molar-refractivity contribution in [2.45, 2.75) is 44.9 Å². The van der Waals surface area contributed by atoms with E-state index in [0.717, 1.165) is 6.42 Å². The number of fused-ring (bicyclic) bond motifs is 1. The summed E-state index contributed by atoms with van der Waals surface area (Å²) in [5.74, 6) is -1.18. The molecule has 3 aliphatic heterocycles. The zero-order valence-electron chi connectivity index (χ0n) is 12.2. The molecule has 5 atom stereocenters. The van der Waals surface area contributed by atoms with Gasteiger partial charge < -0.3 is 14.4 Å². The smallest absolute Gasteiger partial charge is 0.312 e. The molecule has 0 radical (unpaired) electrons. The van der Waals surface area contributed by atoms with Gasteiger partial charge in [0.2, 0.25) is 5.91 Å². The van der Waals surface area contributed by atoms with Gasteiger partial charge in [-0.2, -0.15) is 0 Å². The summed E-state index contributed by atoms with van der Waals surface area (Å²) in [6.45, 7) is 6.74. The molecular formula is C15H21NO4. The van der Waals surface area contributed by atoms with Crippen LogP contribution >= 0.6 is 0 Å². The van der Waals surface area contributed by atoms with Crippen molar-refractivity contribution in [3.63, 3.8) is 0 Å². The third-order valence-corrected chi connectivity index (χ3v) is 4.81. The third-order valence-electron chi connectivity index (χ3n) is 4.81. The molecule has 0 N–H and O–H groups in total. The lowest BCUT2D eigenvalue weighted by atomic mass is 9.77. The Bertz CT molecular complexity index is 474. The number of hydrogen-bond donors (Lipinski definition) is 0. The van der Waals surface area contributed by atoms with Crippen LogP contribution in [0.5, 0.6) is 0 Å². The second-order valence-corrected chi connectivity index (χ2v) is 5.88. The summed E-state index contributed by atoms with van der Waals surface area (Å²) in [7, 11) is 0. The highest BCUT2D eigenvalue weighted by Gasteiger charge is 2.67. The molecule has 1 amide bonds. The van der Waals surface area contributed by atoms with Gasteiger partial charge in [0.1, 0.15) is 11.5 Å². The maximum absolute atomic E-state index is 12.7. The van der Waals surface area contributed by atoms with E-state index >= 15 is 0 Å². The maximum atomic E-state index is 12.7. The minimum Gasteiger partial charge on any atom is -0.466 e. The first-order valence-electron chi connectivity index (χ1n) is 7.38. The number of amides is 1. The molecule has 5 nitrogen and oxygen atoms in total. The highest BCUT2D eigenvalue weighted by atomic mass is 16.6. The van der Waals surface area contributed by atoms with Gasteiger partial charge in [-0.05, 0) is 20.3 Å². The minimum atomic E-state index is -0.609. The van der Waals surface area contributed by atoms with E-state index in [0.29, 0.717) is 13.2 Å². The molecule has 0 aromatic rings. The molecular weight excluding hydrogens is 258 g/mol. The van der Waals surface area contributed by atoms with Crippen LogP contribution in [0, 0.1) is 11.8 Å². The Kier molecular flexibility index (Phi) is 3.12. The van der Waals surface area contributed by atoms with Crippen LogP contribution in [-0.4, -0.2) is 47.7 Å². The number of ether oxygens (including phenoxy) is 2. The number of nitrogens with zero attached hydrogens (tertiary/aromatic N) is 1. The van der Waals surface area contributed by atoms with E-state index in [1.54, 1.807) is 6.92 Å². The summed E-state index contributed by atoms with van der Waals surface area (Å²) in [5.41, 5.74) is -0.609.